The van der Waals surface area contributed by atoms with Crippen LogP contribution in [0.2, 0.25) is 0 Å². The molecule has 0 saturated carbocycles. The fraction of sp³-hybridized carbons (Fsp3) is 0.976. The maximum Gasteiger partial charge on any atom is 0.290 e. The van der Waals surface area contributed by atoms with E-state index in [-0.39, 0.29) is 18.6 Å². The van der Waals surface area contributed by atoms with Crippen LogP contribution in [0.1, 0.15) is 123 Å². The third-order valence-electron chi connectivity index (χ3n) is 9.15. The van der Waals surface area contributed by atoms with Crippen LogP contribution < -0.4 is 0 Å². The van der Waals surface area contributed by atoms with Crippen molar-refractivity contribution in [2.45, 2.75) is 210 Å². The first-order chi connectivity index (χ1) is 28.1. The molecular weight excluding hydrogens is 796 g/mol. The molecule has 0 aromatic carbocycles. The first-order valence-electron chi connectivity index (χ1n) is 20.8. The normalized spacial score (nSPS) is 21.5. The molecule has 0 aliphatic heterocycles. The van der Waals surface area contributed by atoms with Gasteiger partial charge in [0.15, 0.2) is 75.5 Å². The molecule has 0 bridgehead atoms. The fourth-order valence-electron chi connectivity index (χ4n) is 5.92. The summed E-state index contributed by atoms with van der Waals surface area (Å²) in [6.07, 6.45) is -9.61. The number of rotatable bonds is 38. The molecule has 0 radical (unpaired) electrons. The third-order valence-corrected chi connectivity index (χ3v) is 9.15. The zero-order valence-electron chi connectivity index (χ0n) is 40.2. The summed E-state index contributed by atoms with van der Waals surface area (Å²) in [4.78, 5) is 15.1. The van der Waals surface area contributed by atoms with Gasteiger partial charge in [-0.1, -0.05) is 13.8 Å². The Morgan fingerprint density at radius 3 is 0.633 bits per heavy atom. The number of ketones is 1. The standard InChI is InChI=1S/C41H82O19/c1-21-37(23-40(55-31(9)49-25(3)43-15,56-32(10)50-26(4)44-16)57-33(11)51-27(5)45-17)39(42)38(22-2)24-41(58-34(12)52-28(6)46-18,59-35(13)53-29(7)47-19)60-36(14)54-30(8)48-20/h25-38H,21-24H2,1-20H3. The summed E-state index contributed by atoms with van der Waals surface area (Å²) < 4.78 is 106. The van der Waals surface area contributed by atoms with Crippen molar-refractivity contribution in [3.05, 3.63) is 0 Å². The number of Topliss-reactive ketones (excluding diaryl/α,β-unsaturated/α-hetero) is 1. The molecule has 360 valence electrons. The minimum Gasteiger partial charge on any atom is -0.356 e. The lowest BCUT2D eigenvalue weighted by molar-refractivity contribution is -0.484. The highest BCUT2D eigenvalue weighted by atomic mass is 17.0. The molecular formula is C41H82O19. The number of hydrogen-bond donors (Lipinski definition) is 0. The van der Waals surface area contributed by atoms with Crippen LogP contribution in [0.4, 0.5) is 0 Å². The molecule has 0 aliphatic carbocycles. The van der Waals surface area contributed by atoms with Gasteiger partial charge in [-0.25, -0.2) is 0 Å². The molecule has 19 heteroatoms. The molecule has 0 fully saturated rings. The summed E-state index contributed by atoms with van der Waals surface area (Å²) in [5.74, 6) is -5.82. The maximum atomic E-state index is 15.1. The second-order valence-corrected chi connectivity index (χ2v) is 14.1. The van der Waals surface area contributed by atoms with Gasteiger partial charge in [-0.3, -0.25) is 33.2 Å². The molecule has 0 amide bonds. The van der Waals surface area contributed by atoms with Crippen molar-refractivity contribution >= 4 is 5.78 Å². The van der Waals surface area contributed by atoms with Crippen LogP contribution in [-0.2, 0) is 90.1 Å². The van der Waals surface area contributed by atoms with Crippen LogP contribution in [0.5, 0.6) is 0 Å². The minimum absolute atomic E-state index is 0.159. The lowest BCUT2D eigenvalue weighted by Gasteiger charge is -2.42. The Bertz CT molecular complexity index is 908. The van der Waals surface area contributed by atoms with Gasteiger partial charge in [0.05, 0.1) is 0 Å². The fourth-order valence-corrected chi connectivity index (χ4v) is 5.92. The Morgan fingerprint density at radius 2 is 0.500 bits per heavy atom. The largest absolute Gasteiger partial charge is 0.356 e. The lowest BCUT2D eigenvalue weighted by atomic mass is 9.84. The quantitative estimate of drug-likeness (QED) is 0.0582. The Morgan fingerprint density at radius 1 is 0.333 bits per heavy atom. The highest BCUT2D eigenvalue weighted by Gasteiger charge is 2.48. The molecule has 0 saturated heterocycles. The highest BCUT2D eigenvalue weighted by Crippen LogP contribution is 2.38. The van der Waals surface area contributed by atoms with Gasteiger partial charge in [0.1, 0.15) is 5.78 Å². The summed E-state index contributed by atoms with van der Waals surface area (Å²) in [7, 11) is 8.98. The van der Waals surface area contributed by atoms with E-state index in [0.717, 1.165) is 0 Å². The summed E-state index contributed by atoms with van der Waals surface area (Å²) in [6, 6.07) is 0. The van der Waals surface area contributed by atoms with E-state index in [4.69, 9.17) is 85.3 Å². The highest BCUT2D eigenvalue weighted by molar-refractivity contribution is 5.83. The average Bonchev–Trinajstić information content (AvgIpc) is 3.17. The van der Waals surface area contributed by atoms with E-state index in [1.807, 2.05) is 13.8 Å². The van der Waals surface area contributed by atoms with Crippen molar-refractivity contribution < 1.29 is 90.1 Å². The first kappa shape index (κ1) is 58.9. The van der Waals surface area contributed by atoms with Gasteiger partial charge in [0, 0.05) is 67.3 Å². The molecule has 14 unspecified atom stereocenters. The van der Waals surface area contributed by atoms with Crippen molar-refractivity contribution in [3.8, 4) is 0 Å². The first-order valence-corrected chi connectivity index (χ1v) is 20.8. The number of hydrogen-bond acceptors (Lipinski definition) is 19. The maximum absolute atomic E-state index is 15.1. The van der Waals surface area contributed by atoms with Crippen molar-refractivity contribution in [2.75, 3.05) is 42.7 Å². The van der Waals surface area contributed by atoms with Crippen molar-refractivity contribution in [3.63, 3.8) is 0 Å². The number of methoxy groups -OCH3 is 6. The van der Waals surface area contributed by atoms with Crippen molar-refractivity contribution in [1.29, 1.82) is 0 Å². The number of ether oxygens (including phenoxy) is 18. The summed E-state index contributed by atoms with van der Waals surface area (Å²) >= 11 is 0. The Hall–Kier alpha value is -1.05. The Labute approximate surface area is 360 Å². The molecule has 14 atom stereocenters. The van der Waals surface area contributed by atoms with Crippen LogP contribution in [0.15, 0.2) is 0 Å². The van der Waals surface area contributed by atoms with E-state index in [1.165, 1.54) is 42.7 Å². The summed E-state index contributed by atoms with van der Waals surface area (Å²) in [6.45, 7) is 23.9. The lowest BCUT2D eigenvalue weighted by Crippen LogP contribution is -2.52. The van der Waals surface area contributed by atoms with Gasteiger partial charge in [0.2, 0.25) is 0 Å². The SMILES string of the molecule is CCC(CC(OC(C)OC(C)OC)(OC(C)OC(C)OC)OC(C)OC(C)OC)C(=O)C(CC)CC(OC(C)OC(C)OC)(OC(C)OC(C)OC)OC(C)OC(C)OC. The van der Waals surface area contributed by atoms with Gasteiger partial charge in [-0.15, -0.1) is 0 Å². The van der Waals surface area contributed by atoms with Gasteiger partial charge in [-0.2, -0.15) is 0 Å². The molecule has 19 nitrogen and oxygen atoms in total. The second-order valence-electron chi connectivity index (χ2n) is 14.1. The van der Waals surface area contributed by atoms with E-state index in [0.29, 0.717) is 12.8 Å². The van der Waals surface area contributed by atoms with Crippen molar-refractivity contribution in [2.24, 2.45) is 11.8 Å². The third kappa shape index (κ3) is 23.6. The average molecular weight is 879 g/mol. The van der Waals surface area contributed by atoms with Crippen LogP contribution >= 0.6 is 0 Å². The van der Waals surface area contributed by atoms with Crippen LogP contribution in [-0.4, -0.2) is 136 Å². The molecule has 0 aromatic heterocycles. The van der Waals surface area contributed by atoms with E-state index in [2.05, 4.69) is 0 Å². The molecule has 0 spiro atoms. The smallest absolute Gasteiger partial charge is 0.290 e. The number of carbonyl (C=O) groups excluding carboxylic acids is 1. The zero-order valence-corrected chi connectivity index (χ0v) is 40.2. The second kappa shape index (κ2) is 30.9. The Kier molecular flexibility index (Phi) is 30.4. The molecule has 0 aliphatic rings. The van der Waals surface area contributed by atoms with E-state index in [9.17, 15) is 0 Å². The van der Waals surface area contributed by atoms with Gasteiger partial charge < -0.3 is 56.8 Å². The van der Waals surface area contributed by atoms with Crippen LogP contribution in [0.25, 0.3) is 0 Å². The molecule has 0 aromatic rings. The van der Waals surface area contributed by atoms with E-state index in [1.54, 1.807) is 83.1 Å². The summed E-state index contributed by atoms with van der Waals surface area (Å²) in [5, 5.41) is 0. The predicted octanol–water partition coefficient (Wildman–Crippen LogP) is 6.93. The zero-order chi connectivity index (χ0) is 46.2. The van der Waals surface area contributed by atoms with Gasteiger partial charge in [-0.05, 0) is 95.9 Å². The van der Waals surface area contributed by atoms with Crippen molar-refractivity contribution in [1.82, 2.24) is 0 Å². The Balaban J connectivity index is 7.47. The van der Waals surface area contributed by atoms with Crippen LogP contribution in [0.3, 0.4) is 0 Å². The monoisotopic (exact) mass is 879 g/mol. The van der Waals surface area contributed by atoms with E-state index < -0.39 is 99.3 Å². The van der Waals surface area contributed by atoms with E-state index >= 15 is 4.79 Å². The van der Waals surface area contributed by atoms with Crippen LogP contribution in [0, 0.1) is 11.8 Å². The van der Waals surface area contributed by atoms with Gasteiger partial charge in [0.25, 0.3) is 11.9 Å². The molecule has 0 rings (SSSR count). The minimum atomic E-state index is -2.02. The predicted molar refractivity (Wildman–Crippen MR) is 216 cm³/mol. The molecule has 0 N–H and O–H groups in total. The summed E-state index contributed by atoms with van der Waals surface area (Å²) in [5.41, 5.74) is 0. The van der Waals surface area contributed by atoms with Gasteiger partial charge >= 0.3 is 0 Å². The molecule has 60 heavy (non-hydrogen) atoms. The number of carbonyl (C=O) groups is 1. The molecule has 0 heterocycles. The topological polar surface area (TPSA) is 183 Å².